The zero-order valence-corrected chi connectivity index (χ0v) is 7.59. The molecule has 0 saturated heterocycles. The van der Waals surface area contributed by atoms with Gasteiger partial charge in [0.15, 0.2) is 0 Å². The SMILES string of the molecule is [F-].[F-].[Y+3].[Y+3]. The minimum Gasteiger partial charge on any atom is -1.00 e. The van der Waals surface area contributed by atoms with Crippen LogP contribution in [0.3, 0.4) is 0 Å². The summed E-state index contributed by atoms with van der Waals surface area (Å²) in [6, 6.07) is 0. The van der Waals surface area contributed by atoms with E-state index >= 15 is 0 Å². The van der Waals surface area contributed by atoms with Crippen molar-refractivity contribution < 1.29 is 74.8 Å². The summed E-state index contributed by atoms with van der Waals surface area (Å²) in [6.45, 7) is 0. The Balaban J connectivity index is 0. The molecule has 0 unspecified atom stereocenters. The Labute approximate surface area is 73.6 Å². The minimum atomic E-state index is 0. The monoisotopic (exact) mass is 216 g/mol. The Kier molecular flexibility index (Phi) is 179. The Morgan fingerprint density at radius 2 is 0.500 bits per heavy atom. The molecular formula is F2Y2+4. The normalized spacial score (nSPS) is 0. The van der Waals surface area contributed by atoms with Gasteiger partial charge in [0.1, 0.15) is 0 Å². The molecule has 0 spiro atoms. The summed E-state index contributed by atoms with van der Waals surface area (Å²) < 4.78 is 0. The quantitative estimate of drug-likeness (QED) is 0.378. The van der Waals surface area contributed by atoms with Crippen molar-refractivity contribution >= 4 is 0 Å². The summed E-state index contributed by atoms with van der Waals surface area (Å²) in [4.78, 5) is 0. The summed E-state index contributed by atoms with van der Waals surface area (Å²) in [5, 5.41) is 0. The molecular weight excluding hydrogens is 216 g/mol. The minimum absolute atomic E-state index is 0. The Morgan fingerprint density at radius 3 is 0.500 bits per heavy atom. The van der Waals surface area contributed by atoms with Crippen molar-refractivity contribution in [3.63, 3.8) is 0 Å². The van der Waals surface area contributed by atoms with E-state index in [0.717, 1.165) is 0 Å². The molecule has 0 N–H and O–H groups in total. The second-order valence-electron chi connectivity index (χ2n) is 0. The smallest absolute Gasteiger partial charge is 1.00 e. The van der Waals surface area contributed by atoms with Crippen LogP contribution in [-0.2, 0) is 65.4 Å². The molecule has 4 heavy (non-hydrogen) atoms. The molecule has 0 nitrogen and oxygen atoms in total. The van der Waals surface area contributed by atoms with Crippen LogP contribution in [0.15, 0.2) is 0 Å². The molecule has 0 aromatic heterocycles. The zero-order chi connectivity index (χ0) is 0. The van der Waals surface area contributed by atoms with E-state index in [1.165, 1.54) is 0 Å². The fraction of sp³-hybridized carbons (Fsp3) is 0. The van der Waals surface area contributed by atoms with E-state index < -0.39 is 0 Å². The van der Waals surface area contributed by atoms with E-state index in [1.807, 2.05) is 0 Å². The van der Waals surface area contributed by atoms with Gasteiger partial charge in [-0.25, -0.2) is 0 Å². The third-order valence-corrected chi connectivity index (χ3v) is 0. The molecule has 0 rings (SSSR count). The Morgan fingerprint density at radius 1 is 0.500 bits per heavy atom. The first-order valence-corrected chi connectivity index (χ1v) is 0. The van der Waals surface area contributed by atoms with Crippen molar-refractivity contribution in [2.75, 3.05) is 0 Å². The molecule has 0 atom stereocenters. The van der Waals surface area contributed by atoms with Crippen LogP contribution < -0.4 is 9.41 Å². The van der Waals surface area contributed by atoms with Gasteiger partial charge >= 0.3 is 65.4 Å². The van der Waals surface area contributed by atoms with E-state index in [9.17, 15) is 0 Å². The molecule has 0 heterocycles. The predicted molar refractivity (Wildman–Crippen MR) is 0 cm³/mol. The van der Waals surface area contributed by atoms with E-state index in [4.69, 9.17) is 0 Å². The number of rotatable bonds is 0. The fourth-order valence-electron chi connectivity index (χ4n) is 0. The molecule has 0 amide bonds. The van der Waals surface area contributed by atoms with Crippen molar-refractivity contribution in [2.24, 2.45) is 0 Å². The first kappa shape index (κ1) is 36.4. The molecule has 4 heteroatoms. The van der Waals surface area contributed by atoms with Gasteiger partial charge in [0.25, 0.3) is 0 Å². The standard InChI is InChI=1S/2FH.2Y/h2*1H;;/q;;2*+3/p-2. The first-order chi connectivity index (χ1) is 0. The van der Waals surface area contributed by atoms with Crippen LogP contribution in [0.5, 0.6) is 0 Å². The van der Waals surface area contributed by atoms with Crippen LogP contribution in [-0.4, -0.2) is 0 Å². The third kappa shape index (κ3) is 8.95. The molecule has 0 bridgehead atoms. The molecule has 0 saturated carbocycles. The zero-order valence-electron chi connectivity index (χ0n) is 1.91. The second-order valence-corrected chi connectivity index (χ2v) is 0. The summed E-state index contributed by atoms with van der Waals surface area (Å²) in [5.74, 6) is 0. The van der Waals surface area contributed by atoms with Gasteiger partial charge in [-0.3, -0.25) is 0 Å². The van der Waals surface area contributed by atoms with Gasteiger partial charge in [0.2, 0.25) is 0 Å². The number of hydrogen-bond acceptors (Lipinski definition) is 0. The summed E-state index contributed by atoms with van der Waals surface area (Å²) in [6.07, 6.45) is 0. The average molecular weight is 216 g/mol. The summed E-state index contributed by atoms with van der Waals surface area (Å²) in [7, 11) is 0. The van der Waals surface area contributed by atoms with E-state index in [-0.39, 0.29) is 74.8 Å². The van der Waals surface area contributed by atoms with Crippen molar-refractivity contribution in [2.45, 2.75) is 0 Å². The largest absolute Gasteiger partial charge is 3.00 e. The van der Waals surface area contributed by atoms with Gasteiger partial charge in [-0.1, -0.05) is 0 Å². The van der Waals surface area contributed by atoms with Crippen LogP contribution in [0.25, 0.3) is 0 Å². The molecule has 0 fully saturated rings. The number of hydrogen-bond donors (Lipinski definition) is 0. The first-order valence-electron chi connectivity index (χ1n) is 0. The summed E-state index contributed by atoms with van der Waals surface area (Å²) >= 11 is 0. The van der Waals surface area contributed by atoms with Crippen molar-refractivity contribution in [1.82, 2.24) is 0 Å². The maximum atomic E-state index is 0. The van der Waals surface area contributed by atoms with Gasteiger partial charge < -0.3 is 9.41 Å². The molecule has 0 aliphatic carbocycles. The van der Waals surface area contributed by atoms with Gasteiger partial charge in [0, 0.05) is 0 Å². The van der Waals surface area contributed by atoms with Crippen LogP contribution >= 0.6 is 0 Å². The third-order valence-electron chi connectivity index (χ3n) is 0. The molecule has 0 radical (unpaired) electrons. The van der Waals surface area contributed by atoms with E-state index in [1.54, 1.807) is 0 Å². The van der Waals surface area contributed by atoms with E-state index in [2.05, 4.69) is 0 Å². The molecule has 0 aromatic carbocycles. The average Bonchev–Trinajstić information content (AvgIpc) is 0. The van der Waals surface area contributed by atoms with Crippen molar-refractivity contribution in [3.05, 3.63) is 0 Å². The van der Waals surface area contributed by atoms with Crippen molar-refractivity contribution in [3.8, 4) is 0 Å². The number of halogens is 2. The summed E-state index contributed by atoms with van der Waals surface area (Å²) in [5.41, 5.74) is 0. The molecule has 0 aliphatic heterocycles. The van der Waals surface area contributed by atoms with Crippen LogP contribution in [0.2, 0.25) is 0 Å². The maximum absolute atomic E-state index is 0. The van der Waals surface area contributed by atoms with Crippen LogP contribution in [0.1, 0.15) is 0 Å². The maximum Gasteiger partial charge on any atom is 3.00 e. The molecule has 16 valence electrons. The van der Waals surface area contributed by atoms with Gasteiger partial charge in [-0.15, -0.1) is 0 Å². The fourth-order valence-corrected chi connectivity index (χ4v) is 0. The molecule has 0 aromatic rings. The van der Waals surface area contributed by atoms with Crippen LogP contribution in [0, 0.1) is 0 Å². The van der Waals surface area contributed by atoms with Gasteiger partial charge in [-0.2, -0.15) is 0 Å². The Bertz CT molecular complexity index is 4.00. The van der Waals surface area contributed by atoms with E-state index in [0.29, 0.717) is 0 Å². The van der Waals surface area contributed by atoms with Gasteiger partial charge in [0.05, 0.1) is 0 Å². The second kappa shape index (κ2) is 19.6. The molecule has 0 aliphatic rings. The predicted octanol–water partition coefficient (Wildman–Crippen LogP) is -6.00. The van der Waals surface area contributed by atoms with Crippen molar-refractivity contribution in [1.29, 1.82) is 0 Å². The van der Waals surface area contributed by atoms with Gasteiger partial charge in [-0.05, 0) is 0 Å². The van der Waals surface area contributed by atoms with Crippen LogP contribution in [0.4, 0.5) is 0 Å². The topological polar surface area (TPSA) is 0 Å². The Hall–Kier alpha value is 2.07.